The van der Waals surface area contributed by atoms with E-state index in [9.17, 15) is 9.18 Å². The highest BCUT2D eigenvalue weighted by atomic mass is 32.2. The third-order valence-corrected chi connectivity index (χ3v) is 4.54. The molecule has 0 fully saturated rings. The Morgan fingerprint density at radius 3 is 2.60 bits per heavy atom. The van der Waals surface area contributed by atoms with Gasteiger partial charge in [0.1, 0.15) is 11.6 Å². The number of nitrogens with two attached hydrogens (primary N) is 1. The van der Waals surface area contributed by atoms with Crippen molar-refractivity contribution in [2.45, 2.75) is 12.7 Å². The summed E-state index contributed by atoms with van der Waals surface area (Å²) in [7, 11) is 0. The molecule has 0 saturated heterocycles. The second-order valence-electron chi connectivity index (χ2n) is 5.46. The molecule has 1 aromatic heterocycles. The maximum absolute atomic E-state index is 14.6. The molecule has 126 valence electrons. The Hall–Kier alpha value is -2.73. The molecule has 3 aromatic rings. The van der Waals surface area contributed by atoms with Gasteiger partial charge in [-0.25, -0.2) is 9.37 Å². The normalized spacial score (nSPS) is 10.6. The molecule has 0 spiro atoms. The van der Waals surface area contributed by atoms with Gasteiger partial charge in [-0.1, -0.05) is 42.1 Å². The summed E-state index contributed by atoms with van der Waals surface area (Å²) in [5.41, 5.74) is 8.96. The molecule has 3 rings (SSSR count). The van der Waals surface area contributed by atoms with Gasteiger partial charge in [0.05, 0.1) is 18.1 Å². The Kier molecular flexibility index (Phi) is 5.09. The average Bonchev–Trinajstić information content (AvgIpc) is 2.61. The number of hydrogen-bond acceptors (Lipinski definition) is 5. The maximum Gasteiger partial charge on any atom is 0.186 e. The molecule has 2 N–H and O–H groups in total. The van der Waals surface area contributed by atoms with Crippen LogP contribution < -0.4 is 5.73 Å². The summed E-state index contributed by atoms with van der Waals surface area (Å²) in [4.78, 5) is 19.3. The molecule has 0 saturated carbocycles. The minimum atomic E-state index is -0.384. The Labute approximate surface area is 149 Å². The van der Waals surface area contributed by atoms with Crippen molar-refractivity contribution in [1.82, 2.24) is 9.97 Å². The van der Waals surface area contributed by atoms with Gasteiger partial charge in [0.25, 0.3) is 0 Å². The van der Waals surface area contributed by atoms with Gasteiger partial charge in [-0.15, -0.1) is 0 Å². The minimum absolute atomic E-state index is 0.0539. The number of hydrogen-bond donors (Lipinski definition) is 1. The Morgan fingerprint density at radius 2 is 1.92 bits per heavy atom. The van der Waals surface area contributed by atoms with Crippen LogP contribution in [-0.2, 0) is 10.5 Å². The number of aromatic nitrogens is 2. The zero-order chi connectivity index (χ0) is 17.8. The molecule has 4 nitrogen and oxygen atoms in total. The SMILES string of the molecule is CC(=O)SCc1ccccc1-c1ccc(-c2cnc(N)cn2)c(F)c1. The molecule has 0 radical (unpaired) electrons. The van der Waals surface area contributed by atoms with Crippen molar-refractivity contribution in [2.75, 3.05) is 5.73 Å². The molecule has 0 amide bonds. The lowest BCUT2D eigenvalue weighted by Crippen LogP contribution is -1.95. The van der Waals surface area contributed by atoms with Gasteiger partial charge in [-0.3, -0.25) is 9.78 Å². The van der Waals surface area contributed by atoms with Gasteiger partial charge in [0.15, 0.2) is 5.12 Å². The van der Waals surface area contributed by atoms with Crippen LogP contribution in [0.4, 0.5) is 10.2 Å². The van der Waals surface area contributed by atoms with Crippen molar-refractivity contribution < 1.29 is 9.18 Å². The van der Waals surface area contributed by atoms with E-state index >= 15 is 0 Å². The third kappa shape index (κ3) is 4.03. The zero-order valence-corrected chi connectivity index (χ0v) is 14.4. The predicted molar refractivity (Wildman–Crippen MR) is 99.3 cm³/mol. The van der Waals surface area contributed by atoms with Crippen LogP contribution in [-0.4, -0.2) is 15.1 Å². The van der Waals surface area contributed by atoms with E-state index in [0.717, 1.165) is 16.7 Å². The molecule has 0 unspecified atom stereocenters. The molecular weight excluding hydrogens is 337 g/mol. The van der Waals surface area contributed by atoms with Crippen molar-refractivity contribution in [3.8, 4) is 22.4 Å². The van der Waals surface area contributed by atoms with Crippen LogP contribution >= 0.6 is 11.8 Å². The fraction of sp³-hybridized carbons (Fsp3) is 0.105. The molecule has 0 aliphatic carbocycles. The molecule has 0 aliphatic rings. The number of carbonyl (C=O) groups is 1. The number of anilines is 1. The van der Waals surface area contributed by atoms with Crippen LogP contribution in [0, 0.1) is 5.82 Å². The lowest BCUT2D eigenvalue weighted by molar-refractivity contribution is -0.109. The molecule has 2 aromatic carbocycles. The first-order valence-corrected chi connectivity index (χ1v) is 8.62. The number of carbonyl (C=O) groups excluding carboxylic acids is 1. The van der Waals surface area contributed by atoms with Gasteiger partial charge in [0.2, 0.25) is 0 Å². The Balaban J connectivity index is 1.96. The van der Waals surface area contributed by atoms with Crippen molar-refractivity contribution in [3.05, 3.63) is 66.2 Å². The first-order chi connectivity index (χ1) is 12.0. The number of rotatable bonds is 4. The molecule has 25 heavy (non-hydrogen) atoms. The highest BCUT2D eigenvalue weighted by Crippen LogP contribution is 2.30. The molecule has 0 atom stereocenters. The largest absolute Gasteiger partial charge is 0.382 e. The molecular formula is C19H16FN3OS. The van der Waals surface area contributed by atoms with Crippen molar-refractivity contribution in [2.24, 2.45) is 0 Å². The summed E-state index contributed by atoms with van der Waals surface area (Å²) in [6.07, 6.45) is 2.85. The lowest BCUT2D eigenvalue weighted by atomic mass is 9.98. The van der Waals surface area contributed by atoms with Crippen LogP contribution in [0.1, 0.15) is 12.5 Å². The summed E-state index contributed by atoms with van der Waals surface area (Å²) >= 11 is 1.24. The summed E-state index contributed by atoms with van der Waals surface area (Å²) < 4.78 is 14.6. The highest BCUT2D eigenvalue weighted by Gasteiger charge is 2.11. The first-order valence-electron chi connectivity index (χ1n) is 7.63. The highest BCUT2D eigenvalue weighted by molar-refractivity contribution is 8.12. The van der Waals surface area contributed by atoms with Crippen molar-refractivity contribution >= 4 is 22.7 Å². The summed E-state index contributed by atoms with van der Waals surface area (Å²) in [6, 6.07) is 12.7. The van der Waals surface area contributed by atoms with Gasteiger partial charge in [-0.2, -0.15) is 0 Å². The second kappa shape index (κ2) is 7.44. The third-order valence-electron chi connectivity index (χ3n) is 3.68. The summed E-state index contributed by atoms with van der Waals surface area (Å²) in [6.45, 7) is 1.54. The quantitative estimate of drug-likeness (QED) is 0.757. The van der Waals surface area contributed by atoms with Crippen LogP contribution in [0.3, 0.4) is 0 Å². The molecule has 0 aliphatic heterocycles. The monoisotopic (exact) mass is 353 g/mol. The number of halogens is 1. The fourth-order valence-electron chi connectivity index (χ4n) is 2.47. The van der Waals surface area contributed by atoms with Crippen LogP contribution in [0.5, 0.6) is 0 Å². The lowest BCUT2D eigenvalue weighted by Gasteiger charge is -2.10. The van der Waals surface area contributed by atoms with Gasteiger partial charge < -0.3 is 5.73 Å². The minimum Gasteiger partial charge on any atom is -0.382 e. The van der Waals surface area contributed by atoms with E-state index < -0.39 is 0 Å². The van der Waals surface area contributed by atoms with E-state index in [1.54, 1.807) is 6.07 Å². The van der Waals surface area contributed by atoms with E-state index in [4.69, 9.17) is 5.73 Å². The fourth-order valence-corrected chi connectivity index (χ4v) is 3.09. The second-order valence-corrected chi connectivity index (χ2v) is 6.61. The Morgan fingerprint density at radius 1 is 1.12 bits per heavy atom. The zero-order valence-electron chi connectivity index (χ0n) is 13.6. The predicted octanol–water partition coefficient (Wildman–Crippen LogP) is 4.31. The van der Waals surface area contributed by atoms with E-state index in [0.29, 0.717) is 17.0 Å². The standard InChI is InChI=1S/C19H16FN3OS/c1-12(24)25-11-14-4-2-3-5-15(14)13-6-7-16(17(20)8-13)18-9-23-19(21)10-22-18/h2-10H,11H2,1H3,(H2,21,23). The van der Waals surface area contributed by atoms with Crippen molar-refractivity contribution in [3.63, 3.8) is 0 Å². The number of benzene rings is 2. The summed E-state index contributed by atoms with van der Waals surface area (Å²) in [5.74, 6) is 0.460. The van der Waals surface area contributed by atoms with Crippen LogP contribution in [0.25, 0.3) is 22.4 Å². The average molecular weight is 353 g/mol. The van der Waals surface area contributed by atoms with Gasteiger partial charge in [0, 0.05) is 18.2 Å². The van der Waals surface area contributed by atoms with E-state index in [1.165, 1.54) is 37.1 Å². The number of nitrogen functional groups attached to an aromatic ring is 1. The van der Waals surface area contributed by atoms with Crippen molar-refractivity contribution in [1.29, 1.82) is 0 Å². The number of nitrogens with zero attached hydrogens (tertiary/aromatic N) is 2. The van der Waals surface area contributed by atoms with Gasteiger partial charge in [-0.05, 0) is 28.8 Å². The number of thioether (sulfide) groups is 1. The van der Waals surface area contributed by atoms with Gasteiger partial charge >= 0.3 is 0 Å². The smallest absolute Gasteiger partial charge is 0.186 e. The van der Waals surface area contributed by atoms with Crippen LogP contribution in [0.2, 0.25) is 0 Å². The van der Waals surface area contributed by atoms with E-state index in [2.05, 4.69) is 9.97 Å². The molecule has 1 heterocycles. The topological polar surface area (TPSA) is 68.9 Å². The summed E-state index contributed by atoms with van der Waals surface area (Å²) in [5, 5.41) is 0.0539. The van der Waals surface area contributed by atoms with E-state index in [-0.39, 0.29) is 16.8 Å². The van der Waals surface area contributed by atoms with E-state index in [1.807, 2.05) is 30.3 Å². The molecule has 6 heteroatoms. The molecule has 0 bridgehead atoms. The Bertz CT molecular complexity index is 913. The maximum atomic E-state index is 14.6. The van der Waals surface area contributed by atoms with Crippen LogP contribution in [0.15, 0.2) is 54.9 Å². The first kappa shape index (κ1) is 17.1.